The third-order valence-electron chi connectivity index (χ3n) is 1.82. The number of allylic oxidation sites excluding steroid dienone is 2. The molecule has 10 heavy (non-hydrogen) atoms. The summed E-state index contributed by atoms with van der Waals surface area (Å²) in [6.07, 6.45) is 2.45. The van der Waals surface area contributed by atoms with Crippen molar-refractivity contribution < 1.29 is 9.53 Å². The van der Waals surface area contributed by atoms with Crippen LogP contribution in [0.2, 0.25) is 0 Å². The van der Waals surface area contributed by atoms with Gasteiger partial charge in [0.15, 0.2) is 0 Å². The van der Waals surface area contributed by atoms with E-state index >= 15 is 0 Å². The van der Waals surface area contributed by atoms with E-state index in [4.69, 9.17) is 4.74 Å². The van der Waals surface area contributed by atoms with Crippen molar-refractivity contribution in [2.45, 2.75) is 33.1 Å². The smallest absolute Gasteiger partial charge is 0.311 e. The zero-order chi connectivity index (χ0) is 7.56. The molecule has 0 saturated heterocycles. The van der Waals surface area contributed by atoms with Crippen LogP contribution >= 0.6 is 0 Å². The van der Waals surface area contributed by atoms with Gasteiger partial charge in [0.1, 0.15) is 5.76 Å². The van der Waals surface area contributed by atoms with Crippen molar-refractivity contribution >= 4 is 5.97 Å². The number of rotatable bonds is 1. The average molecular weight is 140 g/mol. The van der Waals surface area contributed by atoms with Gasteiger partial charge in [-0.1, -0.05) is 6.92 Å². The Balaban J connectivity index is 2.70. The molecule has 0 radical (unpaired) electrons. The van der Waals surface area contributed by atoms with Crippen molar-refractivity contribution in [2.75, 3.05) is 0 Å². The highest BCUT2D eigenvalue weighted by atomic mass is 16.5. The van der Waals surface area contributed by atoms with Crippen LogP contribution in [-0.4, -0.2) is 5.97 Å². The molecule has 2 nitrogen and oxygen atoms in total. The minimum atomic E-state index is -0.0882. The van der Waals surface area contributed by atoms with Crippen LogP contribution in [0, 0.1) is 0 Å². The number of carbonyl (C=O) groups is 1. The van der Waals surface area contributed by atoms with Gasteiger partial charge in [-0.3, -0.25) is 4.79 Å². The lowest BCUT2D eigenvalue weighted by Gasteiger charge is -2.15. The van der Waals surface area contributed by atoms with E-state index in [-0.39, 0.29) is 5.97 Å². The summed E-state index contributed by atoms with van der Waals surface area (Å²) in [5.74, 6) is 0.730. The number of carbonyl (C=O) groups excluding carboxylic acids is 1. The Morgan fingerprint density at radius 2 is 2.20 bits per heavy atom. The fourth-order valence-corrected chi connectivity index (χ4v) is 1.15. The molecule has 56 valence electrons. The Kier molecular flexibility index (Phi) is 2.10. The molecule has 0 amide bonds. The molecule has 1 aliphatic heterocycles. The Hall–Kier alpha value is -0.790. The summed E-state index contributed by atoms with van der Waals surface area (Å²) in [7, 11) is 0. The SMILES string of the molecule is CCC1=C(C)OC(=O)CC1. The molecule has 0 aromatic heterocycles. The second kappa shape index (κ2) is 2.86. The van der Waals surface area contributed by atoms with Gasteiger partial charge < -0.3 is 4.74 Å². The lowest BCUT2D eigenvalue weighted by atomic mass is 10.0. The normalized spacial score (nSPS) is 19.2. The summed E-state index contributed by atoms with van der Waals surface area (Å²) in [4.78, 5) is 10.7. The van der Waals surface area contributed by atoms with Crippen molar-refractivity contribution in [2.24, 2.45) is 0 Å². The Morgan fingerprint density at radius 3 is 2.70 bits per heavy atom. The van der Waals surface area contributed by atoms with E-state index in [1.807, 2.05) is 6.92 Å². The first-order valence-electron chi connectivity index (χ1n) is 3.63. The first kappa shape index (κ1) is 7.32. The molecular formula is C8H12O2. The predicted octanol–water partition coefficient (Wildman–Crippen LogP) is 2.01. The van der Waals surface area contributed by atoms with Gasteiger partial charge in [-0.2, -0.15) is 0 Å². The Labute approximate surface area is 60.9 Å². The van der Waals surface area contributed by atoms with Crippen LogP contribution in [0.1, 0.15) is 33.1 Å². The van der Waals surface area contributed by atoms with Gasteiger partial charge >= 0.3 is 5.97 Å². The average Bonchev–Trinajstić information content (AvgIpc) is 1.88. The van der Waals surface area contributed by atoms with Gasteiger partial charge in [-0.05, 0) is 25.3 Å². The number of esters is 1. The minimum absolute atomic E-state index is 0.0882. The maximum absolute atomic E-state index is 10.7. The van der Waals surface area contributed by atoms with Gasteiger partial charge in [0.05, 0.1) is 0 Å². The highest BCUT2D eigenvalue weighted by molar-refractivity contribution is 5.72. The summed E-state index contributed by atoms with van der Waals surface area (Å²) in [5.41, 5.74) is 1.28. The van der Waals surface area contributed by atoms with Crippen molar-refractivity contribution in [3.05, 3.63) is 11.3 Å². The van der Waals surface area contributed by atoms with E-state index in [9.17, 15) is 4.79 Å². The number of cyclic esters (lactones) is 1. The molecule has 1 heterocycles. The second-order valence-corrected chi connectivity index (χ2v) is 2.49. The van der Waals surface area contributed by atoms with Crippen LogP contribution < -0.4 is 0 Å². The van der Waals surface area contributed by atoms with Crippen molar-refractivity contribution in [1.29, 1.82) is 0 Å². The Bertz CT molecular complexity index is 180. The van der Waals surface area contributed by atoms with E-state index in [1.165, 1.54) is 5.57 Å². The maximum Gasteiger partial charge on any atom is 0.311 e. The highest BCUT2D eigenvalue weighted by Crippen LogP contribution is 2.21. The molecule has 0 aliphatic carbocycles. The Morgan fingerprint density at radius 1 is 1.50 bits per heavy atom. The van der Waals surface area contributed by atoms with Gasteiger partial charge in [-0.25, -0.2) is 0 Å². The molecule has 1 rings (SSSR count). The standard InChI is InChI=1S/C8H12O2/c1-3-7-4-5-8(9)10-6(7)2/h3-5H2,1-2H3. The maximum atomic E-state index is 10.7. The van der Waals surface area contributed by atoms with E-state index in [0.717, 1.165) is 18.6 Å². The molecule has 0 aromatic rings. The lowest BCUT2D eigenvalue weighted by molar-refractivity contribution is -0.140. The van der Waals surface area contributed by atoms with E-state index in [1.54, 1.807) is 0 Å². The fourth-order valence-electron chi connectivity index (χ4n) is 1.15. The van der Waals surface area contributed by atoms with Gasteiger partial charge in [0.25, 0.3) is 0 Å². The lowest BCUT2D eigenvalue weighted by Crippen LogP contribution is -2.10. The van der Waals surface area contributed by atoms with E-state index in [2.05, 4.69) is 6.92 Å². The molecule has 0 atom stereocenters. The van der Waals surface area contributed by atoms with Crippen LogP contribution in [0.3, 0.4) is 0 Å². The summed E-state index contributed by atoms with van der Waals surface area (Å²) < 4.78 is 4.93. The molecule has 0 bridgehead atoms. The zero-order valence-electron chi connectivity index (χ0n) is 6.44. The molecule has 2 heteroatoms. The fraction of sp³-hybridized carbons (Fsp3) is 0.625. The molecule has 0 spiro atoms. The zero-order valence-corrected chi connectivity index (χ0v) is 6.44. The minimum Gasteiger partial charge on any atom is -0.431 e. The highest BCUT2D eigenvalue weighted by Gasteiger charge is 2.14. The number of ether oxygens (including phenoxy) is 1. The van der Waals surface area contributed by atoms with Crippen molar-refractivity contribution in [3.63, 3.8) is 0 Å². The molecule has 0 fully saturated rings. The molecular weight excluding hydrogens is 128 g/mol. The summed E-state index contributed by atoms with van der Waals surface area (Å²) in [6.45, 7) is 3.94. The predicted molar refractivity (Wildman–Crippen MR) is 38.3 cm³/mol. The van der Waals surface area contributed by atoms with Crippen LogP contribution in [0.25, 0.3) is 0 Å². The summed E-state index contributed by atoms with van der Waals surface area (Å²) >= 11 is 0. The second-order valence-electron chi connectivity index (χ2n) is 2.49. The van der Waals surface area contributed by atoms with E-state index in [0.29, 0.717) is 6.42 Å². The quantitative estimate of drug-likeness (QED) is 0.521. The largest absolute Gasteiger partial charge is 0.431 e. The van der Waals surface area contributed by atoms with Crippen LogP contribution in [0.15, 0.2) is 11.3 Å². The number of hydrogen-bond acceptors (Lipinski definition) is 2. The first-order valence-corrected chi connectivity index (χ1v) is 3.63. The van der Waals surface area contributed by atoms with Crippen LogP contribution in [-0.2, 0) is 9.53 Å². The molecule has 0 aromatic carbocycles. The monoisotopic (exact) mass is 140 g/mol. The van der Waals surface area contributed by atoms with E-state index < -0.39 is 0 Å². The third kappa shape index (κ3) is 1.38. The van der Waals surface area contributed by atoms with Crippen LogP contribution in [0.4, 0.5) is 0 Å². The van der Waals surface area contributed by atoms with Crippen LogP contribution in [0.5, 0.6) is 0 Å². The molecule has 0 saturated carbocycles. The van der Waals surface area contributed by atoms with Gasteiger partial charge in [0, 0.05) is 6.42 Å². The summed E-state index contributed by atoms with van der Waals surface area (Å²) in [6, 6.07) is 0. The molecule has 1 aliphatic rings. The van der Waals surface area contributed by atoms with Crippen molar-refractivity contribution in [3.8, 4) is 0 Å². The van der Waals surface area contributed by atoms with Crippen molar-refractivity contribution in [1.82, 2.24) is 0 Å². The third-order valence-corrected chi connectivity index (χ3v) is 1.82. The van der Waals surface area contributed by atoms with Gasteiger partial charge in [0.2, 0.25) is 0 Å². The topological polar surface area (TPSA) is 26.3 Å². The molecule has 0 unspecified atom stereocenters. The first-order chi connectivity index (χ1) is 4.74. The number of hydrogen-bond donors (Lipinski definition) is 0. The van der Waals surface area contributed by atoms with Gasteiger partial charge in [-0.15, -0.1) is 0 Å². The summed E-state index contributed by atoms with van der Waals surface area (Å²) in [5, 5.41) is 0. The molecule has 0 N–H and O–H groups in total.